The van der Waals surface area contributed by atoms with Crippen LogP contribution in [0.25, 0.3) is 0 Å². The maximum absolute atomic E-state index is 12.5. The molecule has 0 bridgehead atoms. The minimum atomic E-state index is -4.33. The second kappa shape index (κ2) is 7.36. The number of nitrogens with two attached hydrogens (primary N) is 1. The predicted molar refractivity (Wildman–Crippen MR) is 71.6 cm³/mol. The van der Waals surface area contributed by atoms with Crippen molar-refractivity contribution in [3.05, 3.63) is 5.82 Å². The SMILES string of the molecule is CN(C)c1nc(N)nc(CN(CCCO)CC(F)(F)F)n1. The molecule has 0 aliphatic carbocycles. The van der Waals surface area contributed by atoms with E-state index < -0.39 is 12.7 Å². The van der Waals surface area contributed by atoms with Gasteiger partial charge < -0.3 is 15.7 Å². The van der Waals surface area contributed by atoms with Crippen molar-refractivity contribution in [3.8, 4) is 0 Å². The topological polar surface area (TPSA) is 91.4 Å². The molecule has 0 radical (unpaired) electrons. The highest BCUT2D eigenvalue weighted by Crippen LogP contribution is 2.18. The summed E-state index contributed by atoms with van der Waals surface area (Å²) in [5.74, 6) is 0.401. The zero-order chi connectivity index (χ0) is 16.0. The number of nitrogens with zero attached hydrogens (tertiary/aromatic N) is 5. The highest BCUT2D eigenvalue weighted by atomic mass is 19.4. The largest absolute Gasteiger partial charge is 0.401 e. The number of alkyl halides is 3. The van der Waals surface area contributed by atoms with Gasteiger partial charge in [-0.2, -0.15) is 28.1 Å². The number of aliphatic hydroxyl groups is 1. The van der Waals surface area contributed by atoms with Gasteiger partial charge in [0.05, 0.1) is 13.1 Å². The fraction of sp³-hybridized carbons (Fsp3) is 0.727. The number of halogens is 3. The number of rotatable bonds is 7. The Bertz CT molecular complexity index is 454. The molecule has 1 aromatic heterocycles. The van der Waals surface area contributed by atoms with Crippen LogP contribution in [-0.4, -0.2) is 64.9 Å². The van der Waals surface area contributed by atoms with Crippen molar-refractivity contribution in [2.45, 2.75) is 19.1 Å². The van der Waals surface area contributed by atoms with Gasteiger partial charge in [0.15, 0.2) is 0 Å². The van der Waals surface area contributed by atoms with E-state index in [0.717, 1.165) is 4.90 Å². The lowest BCUT2D eigenvalue weighted by atomic mass is 10.3. The van der Waals surface area contributed by atoms with E-state index in [-0.39, 0.29) is 43.8 Å². The van der Waals surface area contributed by atoms with Gasteiger partial charge >= 0.3 is 6.18 Å². The van der Waals surface area contributed by atoms with Gasteiger partial charge in [-0.25, -0.2) is 0 Å². The molecule has 0 spiro atoms. The molecule has 0 saturated carbocycles. The van der Waals surface area contributed by atoms with E-state index in [2.05, 4.69) is 15.0 Å². The van der Waals surface area contributed by atoms with Gasteiger partial charge in [-0.1, -0.05) is 0 Å². The number of hydrogen-bond acceptors (Lipinski definition) is 7. The molecular weight excluding hydrogens is 289 g/mol. The highest BCUT2D eigenvalue weighted by Gasteiger charge is 2.31. The Morgan fingerprint density at radius 2 is 1.86 bits per heavy atom. The summed E-state index contributed by atoms with van der Waals surface area (Å²) in [5, 5.41) is 8.76. The van der Waals surface area contributed by atoms with Crippen LogP contribution in [0.5, 0.6) is 0 Å². The molecular formula is C11H19F3N6O. The zero-order valence-electron chi connectivity index (χ0n) is 11.9. The molecule has 10 heteroatoms. The fourth-order valence-corrected chi connectivity index (χ4v) is 1.66. The van der Waals surface area contributed by atoms with Crippen molar-refractivity contribution in [2.24, 2.45) is 0 Å². The summed E-state index contributed by atoms with van der Waals surface area (Å²) >= 11 is 0. The Balaban J connectivity index is 2.86. The van der Waals surface area contributed by atoms with Gasteiger partial charge in [0.1, 0.15) is 5.82 Å². The van der Waals surface area contributed by atoms with Gasteiger partial charge in [0.2, 0.25) is 11.9 Å². The number of aromatic nitrogens is 3. The van der Waals surface area contributed by atoms with Gasteiger partial charge in [-0.05, 0) is 6.42 Å². The third-order valence-corrected chi connectivity index (χ3v) is 2.49. The number of nitrogen functional groups attached to an aromatic ring is 1. The monoisotopic (exact) mass is 308 g/mol. The summed E-state index contributed by atoms with van der Waals surface area (Å²) in [6.07, 6.45) is -4.10. The first-order valence-corrected chi connectivity index (χ1v) is 6.29. The number of aliphatic hydroxyl groups excluding tert-OH is 1. The van der Waals surface area contributed by atoms with Crippen molar-refractivity contribution in [3.63, 3.8) is 0 Å². The maximum atomic E-state index is 12.5. The zero-order valence-corrected chi connectivity index (χ0v) is 11.9. The summed E-state index contributed by atoms with van der Waals surface area (Å²) in [4.78, 5) is 14.5. The quantitative estimate of drug-likeness (QED) is 0.747. The second-order valence-electron chi connectivity index (χ2n) is 4.71. The lowest BCUT2D eigenvalue weighted by Crippen LogP contribution is -2.35. The first-order chi connectivity index (χ1) is 9.71. The first-order valence-electron chi connectivity index (χ1n) is 6.29. The van der Waals surface area contributed by atoms with Crippen molar-refractivity contribution >= 4 is 11.9 Å². The van der Waals surface area contributed by atoms with E-state index in [4.69, 9.17) is 10.8 Å². The lowest BCUT2D eigenvalue weighted by molar-refractivity contribution is -0.147. The molecule has 0 saturated heterocycles. The van der Waals surface area contributed by atoms with Crippen molar-refractivity contribution < 1.29 is 18.3 Å². The van der Waals surface area contributed by atoms with E-state index in [1.54, 1.807) is 19.0 Å². The molecule has 21 heavy (non-hydrogen) atoms. The van der Waals surface area contributed by atoms with Crippen LogP contribution in [-0.2, 0) is 6.54 Å². The molecule has 0 aliphatic heterocycles. The molecule has 1 heterocycles. The van der Waals surface area contributed by atoms with Crippen LogP contribution >= 0.6 is 0 Å². The van der Waals surface area contributed by atoms with Gasteiger partial charge in [-0.15, -0.1) is 0 Å². The summed E-state index contributed by atoms with van der Waals surface area (Å²) < 4.78 is 37.6. The molecule has 0 unspecified atom stereocenters. The molecule has 0 aromatic carbocycles. The number of hydrogen-bond donors (Lipinski definition) is 2. The van der Waals surface area contributed by atoms with Crippen LogP contribution in [0.15, 0.2) is 0 Å². The first kappa shape index (κ1) is 17.4. The van der Waals surface area contributed by atoms with Crippen LogP contribution in [0.1, 0.15) is 12.2 Å². The lowest BCUT2D eigenvalue weighted by Gasteiger charge is -2.23. The van der Waals surface area contributed by atoms with Crippen LogP contribution in [0.3, 0.4) is 0 Å². The molecule has 1 rings (SSSR count). The predicted octanol–water partition coefficient (Wildman–Crippen LogP) is 0.266. The smallest absolute Gasteiger partial charge is 0.396 e. The summed E-state index contributed by atoms with van der Waals surface area (Å²) in [5.41, 5.74) is 5.53. The number of anilines is 2. The fourth-order valence-electron chi connectivity index (χ4n) is 1.66. The standard InChI is InChI=1S/C11H19F3N6O/c1-19(2)10-17-8(16-9(15)18-10)6-20(4-3-5-21)7-11(12,13)14/h21H,3-7H2,1-2H3,(H2,15,16,17,18). The Hall–Kier alpha value is -1.68. The van der Waals surface area contributed by atoms with E-state index in [9.17, 15) is 13.2 Å². The second-order valence-corrected chi connectivity index (χ2v) is 4.71. The average molecular weight is 308 g/mol. The van der Waals surface area contributed by atoms with Crippen molar-refractivity contribution in [1.29, 1.82) is 0 Å². The minimum absolute atomic E-state index is 0.0437. The Labute approximate surface area is 120 Å². The van der Waals surface area contributed by atoms with Crippen LogP contribution in [0, 0.1) is 0 Å². The molecule has 0 amide bonds. The molecule has 0 aliphatic rings. The molecule has 3 N–H and O–H groups in total. The molecule has 1 aromatic rings. The van der Waals surface area contributed by atoms with Gasteiger partial charge in [0.25, 0.3) is 0 Å². The van der Waals surface area contributed by atoms with Crippen LogP contribution < -0.4 is 10.6 Å². The summed E-state index contributed by atoms with van der Waals surface area (Å²) in [7, 11) is 3.38. The van der Waals surface area contributed by atoms with E-state index >= 15 is 0 Å². The molecule has 0 fully saturated rings. The van der Waals surface area contributed by atoms with Crippen LogP contribution in [0.4, 0.5) is 25.1 Å². The van der Waals surface area contributed by atoms with E-state index in [0.29, 0.717) is 0 Å². The van der Waals surface area contributed by atoms with Crippen molar-refractivity contribution in [2.75, 3.05) is 44.4 Å². The normalized spacial score (nSPS) is 12.0. The van der Waals surface area contributed by atoms with Crippen molar-refractivity contribution in [1.82, 2.24) is 19.9 Å². The third-order valence-electron chi connectivity index (χ3n) is 2.49. The van der Waals surface area contributed by atoms with Gasteiger partial charge in [0, 0.05) is 27.2 Å². The summed E-state index contributed by atoms with van der Waals surface area (Å²) in [6, 6.07) is 0. The third kappa shape index (κ3) is 6.54. The van der Waals surface area contributed by atoms with E-state index in [1.807, 2.05) is 0 Å². The molecule has 0 atom stereocenters. The van der Waals surface area contributed by atoms with Crippen LogP contribution in [0.2, 0.25) is 0 Å². The molecule has 7 nitrogen and oxygen atoms in total. The maximum Gasteiger partial charge on any atom is 0.401 e. The Morgan fingerprint density at radius 1 is 1.19 bits per heavy atom. The summed E-state index contributed by atoms with van der Waals surface area (Å²) in [6.45, 7) is -1.32. The molecule has 120 valence electrons. The van der Waals surface area contributed by atoms with E-state index in [1.165, 1.54) is 0 Å². The minimum Gasteiger partial charge on any atom is -0.396 e. The Morgan fingerprint density at radius 3 is 2.38 bits per heavy atom. The Kier molecular flexibility index (Phi) is 6.09. The average Bonchev–Trinajstić information content (AvgIpc) is 2.33. The van der Waals surface area contributed by atoms with Gasteiger partial charge in [-0.3, -0.25) is 4.90 Å². The highest BCUT2D eigenvalue weighted by molar-refractivity contribution is 5.32.